The summed E-state index contributed by atoms with van der Waals surface area (Å²) in [6.07, 6.45) is 3.49. The second kappa shape index (κ2) is 8.28. The van der Waals surface area contributed by atoms with Crippen molar-refractivity contribution in [1.82, 2.24) is 14.6 Å². The molecule has 2 aromatic heterocycles. The largest absolute Gasteiger partial charge is 0.494 e. The second-order valence-corrected chi connectivity index (χ2v) is 7.15. The number of aromatic nitrogens is 3. The minimum atomic E-state index is -0.201. The molecule has 4 aromatic rings. The van der Waals surface area contributed by atoms with E-state index < -0.39 is 0 Å². The van der Waals surface area contributed by atoms with Crippen molar-refractivity contribution in [3.63, 3.8) is 0 Å². The topological polar surface area (TPSA) is 65.7 Å². The zero-order valence-corrected chi connectivity index (χ0v) is 16.7. The molecule has 0 saturated heterocycles. The van der Waals surface area contributed by atoms with Crippen molar-refractivity contribution >= 4 is 22.4 Å². The molecule has 0 unspecified atom stereocenters. The van der Waals surface area contributed by atoms with Gasteiger partial charge in [-0.2, -0.15) is 9.50 Å². The standard InChI is InChI=1S/C22H19N3O3S/c1-3-13-28-18-8-6-5-7-16(18)14-19-21(26)25-22(29-19)23-20(24-25)15-9-11-17(12-10-15)27-4-2/h3,5-12,14H,1,4,13H2,2H3/b19-14-. The van der Waals surface area contributed by atoms with Gasteiger partial charge in [0.05, 0.1) is 11.1 Å². The molecule has 0 bridgehead atoms. The molecule has 0 atom stereocenters. The van der Waals surface area contributed by atoms with E-state index in [4.69, 9.17) is 9.47 Å². The quantitative estimate of drug-likeness (QED) is 0.441. The van der Waals surface area contributed by atoms with Crippen LogP contribution in [0.2, 0.25) is 0 Å². The van der Waals surface area contributed by atoms with Crippen LogP contribution in [0.5, 0.6) is 11.5 Å². The SMILES string of the molecule is C=CCOc1ccccc1/C=c1\sc2nc(-c3ccc(OCC)cc3)nn2c1=O. The molecule has 0 N–H and O–H groups in total. The summed E-state index contributed by atoms with van der Waals surface area (Å²) >= 11 is 1.30. The number of hydrogen-bond donors (Lipinski definition) is 0. The molecule has 29 heavy (non-hydrogen) atoms. The van der Waals surface area contributed by atoms with Crippen LogP contribution in [0.1, 0.15) is 12.5 Å². The smallest absolute Gasteiger partial charge is 0.291 e. The molecule has 0 aliphatic rings. The molecule has 0 aliphatic heterocycles. The first-order chi connectivity index (χ1) is 14.2. The molecule has 7 heteroatoms. The summed E-state index contributed by atoms with van der Waals surface area (Å²) in [5, 5.41) is 4.39. The summed E-state index contributed by atoms with van der Waals surface area (Å²) in [5.74, 6) is 1.99. The van der Waals surface area contributed by atoms with Gasteiger partial charge in [0, 0.05) is 11.1 Å². The number of nitrogens with zero attached hydrogens (tertiary/aromatic N) is 3. The van der Waals surface area contributed by atoms with E-state index in [9.17, 15) is 4.79 Å². The van der Waals surface area contributed by atoms with Gasteiger partial charge in [0.2, 0.25) is 4.96 Å². The van der Waals surface area contributed by atoms with Gasteiger partial charge in [-0.3, -0.25) is 4.79 Å². The first-order valence-electron chi connectivity index (χ1n) is 9.17. The third-order valence-corrected chi connectivity index (χ3v) is 5.13. The average Bonchev–Trinajstić information content (AvgIpc) is 3.28. The maximum absolute atomic E-state index is 12.8. The Morgan fingerprint density at radius 3 is 2.66 bits per heavy atom. The van der Waals surface area contributed by atoms with Crippen LogP contribution in [0, 0.1) is 0 Å². The third kappa shape index (κ3) is 3.90. The zero-order chi connectivity index (χ0) is 20.2. The Morgan fingerprint density at radius 2 is 1.93 bits per heavy atom. The fourth-order valence-corrected chi connectivity index (χ4v) is 3.74. The summed E-state index contributed by atoms with van der Waals surface area (Å²) in [6, 6.07) is 15.1. The lowest BCUT2D eigenvalue weighted by molar-refractivity contribution is 0.340. The van der Waals surface area contributed by atoms with Crippen LogP contribution in [-0.2, 0) is 0 Å². The highest BCUT2D eigenvalue weighted by molar-refractivity contribution is 7.15. The molecular weight excluding hydrogens is 386 g/mol. The van der Waals surface area contributed by atoms with E-state index >= 15 is 0 Å². The molecule has 6 nitrogen and oxygen atoms in total. The Morgan fingerprint density at radius 1 is 1.14 bits per heavy atom. The van der Waals surface area contributed by atoms with E-state index in [1.807, 2.05) is 55.5 Å². The summed E-state index contributed by atoms with van der Waals surface area (Å²) in [7, 11) is 0. The minimum absolute atomic E-state index is 0.201. The van der Waals surface area contributed by atoms with Crippen molar-refractivity contribution in [2.24, 2.45) is 0 Å². The molecule has 0 saturated carbocycles. The van der Waals surface area contributed by atoms with Crippen molar-refractivity contribution in [3.8, 4) is 22.9 Å². The first-order valence-corrected chi connectivity index (χ1v) is 9.98. The van der Waals surface area contributed by atoms with Gasteiger partial charge in [-0.1, -0.05) is 42.2 Å². The third-order valence-electron chi connectivity index (χ3n) is 4.17. The lowest BCUT2D eigenvalue weighted by Crippen LogP contribution is -2.23. The molecule has 2 aromatic carbocycles. The normalized spacial score (nSPS) is 11.7. The van der Waals surface area contributed by atoms with Crippen LogP contribution >= 0.6 is 11.3 Å². The molecule has 0 fully saturated rings. The summed E-state index contributed by atoms with van der Waals surface area (Å²) in [5.41, 5.74) is 1.45. The van der Waals surface area contributed by atoms with Gasteiger partial charge in [-0.05, 0) is 43.3 Å². The highest BCUT2D eigenvalue weighted by Crippen LogP contribution is 2.21. The zero-order valence-electron chi connectivity index (χ0n) is 15.9. The maximum Gasteiger partial charge on any atom is 0.291 e. The highest BCUT2D eigenvalue weighted by atomic mass is 32.1. The highest BCUT2D eigenvalue weighted by Gasteiger charge is 2.12. The van der Waals surface area contributed by atoms with Crippen molar-refractivity contribution in [3.05, 3.63) is 81.6 Å². The van der Waals surface area contributed by atoms with Crippen molar-refractivity contribution in [2.75, 3.05) is 13.2 Å². The summed E-state index contributed by atoms with van der Waals surface area (Å²) in [6.45, 7) is 6.61. The Kier molecular flexibility index (Phi) is 5.39. The van der Waals surface area contributed by atoms with Crippen LogP contribution in [0.15, 0.2) is 66.0 Å². The lowest BCUT2D eigenvalue weighted by atomic mass is 10.2. The monoisotopic (exact) mass is 405 g/mol. The van der Waals surface area contributed by atoms with Gasteiger partial charge in [0.25, 0.3) is 5.56 Å². The molecule has 4 rings (SSSR count). The van der Waals surface area contributed by atoms with Crippen LogP contribution in [0.25, 0.3) is 22.4 Å². The average molecular weight is 405 g/mol. The number of ether oxygens (including phenoxy) is 2. The van der Waals surface area contributed by atoms with Gasteiger partial charge in [-0.25, -0.2) is 0 Å². The molecule has 0 spiro atoms. The Balaban J connectivity index is 1.70. The number of thiazole rings is 1. The predicted molar refractivity (Wildman–Crippen MR) is 115 cm³/mol. The van der Waals surface area contributed by atoms with Gasteiger partial charge < -0.3 is 9.47 Å². The van der Waals surface area contributed by atoms with Gasteiger partial charge >= 0.3 is 0 Å². The second-order valence-electron chi connectivity index (χ2n) is 6.14. The first kappa shape index (κ1) is 18.9. The summed E-state index contributed by atoms with van der Waals surface area (Å²) in [4.78, 5) is 17.9. The van der Waals surface area contributed by atoms with E-state index in [0.29, 0.717) is 34.3 Å². The van der Waals surface area contributed by atoms with Gasteiger partial charge in [0.1, 0.15) is 18.1 Å². The number of para-hydroxylation sites is 1. The van der Waals surface area contributed by atoms with Crippen LogP contribution < -0.4 is 19.6 Å². The van der Waals surface area contributed by atoms with E-state index in [2.05, 4.69) is 16.7 Å². The lowest BCUT2D eigenvalue weighted by Gasteiger charge is -2.05. The predicted octanol–water partition coefficient (Wildman–Crippen LogP) is 3.33. The van der Waals surface area contributed by atoms with Gasteiger partial charge in [0.15, 0.2) is 5.82 Å². The van der Waals surface area contributed by atoms with E-state index in [1.54, 1.807) is 12.2 Å². The van der Waals surface area contributed by atoms with Crippen LogP contribution in [0.3, 0.4) is 0 Å². The fourth-order valence-electron chi connectivity index (χ4n) is 2.84. The van der Waals surface area contributed by atoms with Crippen LogP contribution in [-0.4, -0.2) is 27.8 Å². The molecule has 0 amide bonds. The Labute approximate surface area is 171 Å². The minimum Gasteiger partial charge on any atom is -0.494 e. The molecular formula is C22H19N3O3S. The number of benzene rings is 2. The molecule has 0 aliphatic carbocycles. The van der Waals surface area contributed by atoms with E-state index in [1.165, 1.54) is 15.9 Å². The Hall–Kier alpha value is -3.45. The molecule has 146 valence electrons. The number of hydrogen-bond acceptors (Lipinski definition) is 6. The van der Waals surface area contributed by atoms with Crippen molar-refractivity contribution < 1.29 is 9.47 Å². The Bertz CT molecular complexity index is 1260. The van der Waals surface area contributed by atoms with Crippen molar-refractivity contribution in [1.29, 1.82) is 0 Å². The molecule has 2 heterocycles. The summed E-state index contributed by atoms with van der Waals surface area (Å²) < 4.78 is 13.0. The van der Waals surface area contributed by atoms with Crippen LogP contribution in [0.4, 0.5) is 0 Å². The molecule has 0 radical (unpaired) electrons. The number of rotatable bonds is 7. The van der Waals surface area contributed by atoms with E-state index in [-0.39, 0.29) is 5.56 Å². The fraction of sp³-hybridized carbons (Fsp3) is 0.136. The maximum atomic E-state index is 12.8. The van der Waals surface area contributed by atoms with Gasteiger partial charge in [-0.15, -0.1) is 5.10 Å². The number of fused-ring (bicyclic) bond motifs is 1. The van der Waals surface area contributed by atoms with E-state index in [0.717, 1.165) is 16.9 Å². The van der Waals surface area contributed by atoms with Crippen molar-refractivity contribution in [2.45, 2.75) is 6.92 Å².